The second kappa shape index (κ2) is 6.79. The Hall–Kier alpha value is -1.61. The van der Waals surface area contributed by atoms with Crippen LogP contribution >= 0.6 is 0 Å². The van der Waals surface area contributed by atoms with E-state index >= 15 is 0 Å². The standard InChI is InChI=1S/C9H8O2.C3H9N/c1-2-7-3-5-8(6-4-7)9(10)11;1-4(2)3/h2-6H,1H2,(H,10,11);1-3H3. The van der Waals surface area contributed by atoms with Gasteiger partial charge in [0.2, 0.25) is 0 Å². The molecule has 0 saturated carbocycles. The molecule has 0 aromatic heterocycles. The summed E-state index contributed by atoms with van der Waals surface area (Å²) in [5.74, 6) is -1.15. The fourth-order valence-corrected chi connectivity index (χ4v) is 0.755. The average molecular weight is 207 g/mol. The first kappa shape index (κ1) is 13.4. The van der Waals surface area contributed by atoms with Crippen LogP contribution < -0.4 is 10.0 Å². The second-order valence-electron chi connectivity index (χ2n) is 3.61. The molecule has 3 heteroatoms. The first-order valence-electron chi connectivity index (χ1n) is 4.68. The van der Waals surface area contributed by atoms with Crippen molar-refractivity contribution in [2.45, 2.75) is 0 Å². The van der Waals surface area contributed by atoms with Crippen molar-refractivity contribution in [1.29, 1.82) is 0 Å². The molecule has 0 heterocycles. The lowest BCUT2D eigenvalue weighted by molar-refractivity contribution is -0.836. The topological polar surface area (TPSA) is 44.6 Å². The first-order chi connectivity index (χ1) is 6.97. The zero-order valence-electron chi connectivity index (χ0n) is 9.41. The molecule has 15 heavy (non-hydrogen) atoms. The number of quaternary nitrogens is 1. The molecule has 3 nitrogen and oxygen atoms in total. The van der Waals surface area contributed by atoms with Crippen molar-refractivity contribution in [3.63, 3.8) is 0 Å². The van der Waals surface area contributed by atoms with E-state index in [0.29, 0.717) is 0 Å². The molecule has 1 N–H and O–H groups in total. The van der Waals surface area contributed by atoms with Gasteiger partial charge in [-0.25, -0.2) is 0 Å². The van der Waals surface area contributed by atoms with Crippen LogP contribution in [0.4, 0.5) is 0 Å². The van der Waals surface area contributed by atoms with E-state index in [-0.39, 0.29) is 5.56 Å². The van der Waals surface area contributed by atoms with E-state index < -0.39 is 5.97 Å². The smallest absolute Gasteiger partial charge is 0.0715 e. The predicted octanol–water partition coefficient (Wildman–Crippen LogP) is -0.546. The quantitative estimate of drug-likeness (QED) is 0.707. The Morgan fingerprint density at radius 3 is 1.93 bits per heavy atom. The third-order valence-corrected chi connectivity index (χ3v) is 1.38. The summed E-state index contributed by atoms with van der Waals surface area (Å²) < 4.78 is 0. The van der Waals surface area contributed by atoms with E-state index in [0.717, 1.165) is 5.56 Å². The van der Waals surface area contributed by atoms with Gasteiger partial charge in [0.05, 0.1) is 27.1 Å². The van der Waals surface area contributed by atoms with E-state index in [1.54, 1.807) is 18.2 Å². The number of benzene rings is 1. The Labute approximate surface area is 90.7 Å². The molecule has 82 valence electrons. The van der Waals surface area contributed by atoms with Crippen LogP contribution in [-0.4, -0.2) is 27.1 Å². The normalized spacial score (nSPS) is 9.07. The molecule has 0 fully saturated rings. The molecule has 1 aromatic rings. The van der Waals surface area contributed by atoms with Crippen LogP contribution in [0.5, 0.6) is 0 Å². The van der Waals surface area contributed by atoms with Crippen LogP contribution in [0, 0.1) is 0 Å². The Balaban J connectivity index is 0.000000423. The maximum atomic E-state index is 10.3. The van der Waals surface area contributed by atoms with Crippen molar-refractivity contribution in [3.05, 3.63) is 42.0 Å². The van der Waals surface area contributed by atoms with Crippen LogP contribution in [0.2, 0.25) is 0 Å². The number of hydrogen-bond donors (Lipinski definition) is 1. The number of rotatable bonds is 2. The molecule has 0 aliphatic heterocycles. The number of carbonyl (C=O) groups is 1. The summed E-state index contributed by atoms with van der Waals surface area (Å²) in [4.78, 5) is 11.7. The third kappa shape index (κ3) is 6.46. The Morgan fingerprint density at radius 2 is 1.67 bits per heavy atom. The minimum absolute atomic E-state index is 0.190. The maximum absolute atomic E-state index is 10.3. The summed E-state index contributed by atoms with van der Waals surface area (Å²) in [6.45, 7) is 3.54. The molecule has 0 aliphatic rings. The molecule has 0 aliphatic carbocycles. The molecule has 1 rings (SSSR count). The van der Waals surface area contributed by atoms with Gasteiger partial charge in [0.15, 0.2) is 0 Å². The van der Waals surface area contributed by atoms with Crippen LogP contribution in [-0.2, 0) is 0 Å². The lowest BCUT2D eigenvalue weighted by atomic mass is 10.1. The Morgan fingerprint density at radius 1 is 1.27 bits per heavy atom. The summed E-state index contributed by atoms with van der Waals surface area (Å²) in [5.41, 5.74) is 1.09. The summed E-state index contributed by atoms with van der Waals surface area (Å²) >= 11 is 0. The zero-order chi connectivity index (χ0) is 11.8. The Kier molecular flexibility index (Phi) is 6.06. The monoisotopic (exact) mass is 207 g/mol. The van der Waals surface area contributed by atoms with Crippen LogP contribution in [0.25, 0.3) is 6.08 Å². The van der Waals surface area contributed by atoms with Gasteiger partial charge >= 0.3 is 0 Å². The van der Waals surface area contributed by atoms with Crippen LogP contribution in [0.15, 0.2) is 30.8 Å². The maximum Gasteiger partial charge on any atom is 0.0715 e. The first-order valence-corrected chi connectivity index (χ1v) is 4.68. The molecular weight excluding hydrogens is 190 g/mol. The summed E-state index contributed by atoms with van der Waals surface area (Å²) in [6, 6.07) is 6.34. The van der Waals surface area contributed by atoms with Crippen LogP contribution in [0.3, 0.4) is 0 Å². The van der Waals surface area contributed by atoms with Gasteiger partial charge in [0.1, 0.15) is 0 Å². The fraction of sp³-hybridized carbons (Fsp3) is 0.250. The van der Waals surface area contributed by atoms with Gasteiger partial charge in [-0.2, -0.15) is 0 Å². The van der Waals surface area contributed by atoms with E-state index in [1.807, 2.05) is 0 Å². The average Bonchev–Trinajstić information content (AvgIpc) is 2.17. The molecule has 1 aromatic carbocycles. The highest BCUT2D eigenvalue weighted by Gasteiger charge is 1.90. The van der Waals surface area contributed by atoms with Crippen molar-refractivity contribution in [2.75, 3.05) is 21.1 Å². The highest BCUT2D eigenvalue weighted by molar-refractivity contribution is 5.85. The lowest BCUT2D eigenvalue weighted by Crippen LogP contribution is -3.02. The molecule has 0 unspecified atom stereocenters. The van der Waals surface area contributed by atoms with Gasteiger partial charge in [-0.1, -0.05) is 36.9 Å². The van der Waals surface area contributed by atoms with Crippen molar-refractivity contribution in [2.24, 2.45) is 0 Å². The number of nitrogens with one attached hydrogen (secondary N) is 1. The van der Waals surface area contributed by atoms with Crippen molar-refractivity contribution < 1.29 is 14.8 Å². The third-order valence-electron chi connectivity index (χ3n) is 1.38. The second-order valence-corrected chi connectivity index (χ2v) is 3.61. The van der Waals surface area contributed by atoms with Gasteiger partial charge in [0.25, 0.3) is 0 Å². The number of hydrogen-bond acceptors (Lipinski definition) is 2. The molecule has 0 bridgehead atoms. The van der Waals surface area contributed by atoms with E-state index in [1.165, 1.54) is 17.0 Å². The van der Waals surface area contributed by atoms with Gasteiger partial charge < -0.3 is 14.8 Å². The minimum Gasteiger partial charge on any atom is -0.545 e. The number of carboxylic acids is 1. The van der Waals surface area contributed by atoms with Gasteiger partial charge in [-0.05, 0) is 11.1 Å². The largest absolute Gasteiger partial charge is 0.545 e. The summed E-state index contributed by atoms with van der Waals surface area (Å²) in [5, 5.41) is 10.3. The summed E-state index contributed by atoms with van der Waals surface area (Å²) in [7, 11) is 6.25. The van der Waals surface area contributed by atoms with Crippen molar-refractivity contribution >= 4 is 12.0 Å². The van der Waals surface area contributed by atoms with Crippen molar-refractivity contribution in [3.8, 4) is 0 Å². The van der Waals surface area contributed by atoms with Crippen molar-refractivity contribution in [1.82, 2.24) is 0 Å². The van der Waals surface area contributed by atoms with Gasteiger partial charge in [-0.15, -0.1) is 0 Å². The zero-order valence-corrected chi connectivity index (χ0v) is 9.41. The van der Waals surface area contributed by atoms with Gasteiger partial charge in [0, 0.05) is 0 Å². The SMILES string of the molecule is C=Cc1ccc(C(=O)[O-])cc1.C[NH+](C)C. The van der Waals surface area contributed by atoms with Gasteiger partial charge in [-0.3, -0.25) is 0 Å². The van der Waals surface area contributed by atoms with E-state index in [4.69, 9.17) is 0 Å². The molecule has 0 spiro atoms. The van der Waals surface area contributed by atoms with E-state index in [2.05, 4.69) is 27.7 Å². The minimum atomic E-state index is -1.15. The molecule has 0 saturated heterocycles. The number of carboxylic acid groups (broad SMARTS) is 1. The molecule has 0 amide bonds. The lowest BCUT2D eigenvalue weighted by Gasteiger charge is -2.00. The number of aromatic carboxylic acids is 1. The molecule has 0 radical (unpaired) electrons. The highest BCUT2D eigenvalue weighted by Crippen LogP contribution is 2.03. The molecule has 0 atom stereocenters. The molecular formula is C12H17NO2. The Bertz CT molecular complexity index is 312. The number of carbonyl (C=O) groups excluding carboxylic acids is 1. The van der Waals surface area contributed by atoms with Crippen LogP contribution in [0.1, 0.15) is 15.9 Å². The highest BCUT2D eigenvalue weighted by atomic mass is 16.4. The fourth-order valence-electron chi connectivity index (χ4n) is 0.755. The predicted molar refractivity (Wildman–Crippen MR) is 59.6 cm³/mol. The van der Waals surface area contributed by atoms with E-state index in [9.17, 15) is 9.90 Å². The summed E-state index contributed by atoms with van der Waals surface area (Å²) in [6.07, 6.45) is 1.65.